The number of pyridine rings is 1. The smallest absolute Gasteiger partial charge is 0.183 e. The average molecular weight is 1570 g/mol. The second-order valence-corrected chi connectivity index (χ2v) is 36.8. The zero-order valence-electron chi connectivity index (χ0n) is 67.2. The Morgan fingerprint density at radius 2 is 0.623 bits per heavy atom. The predicted molar refractivity (Wildman–Crippen MR) is 493 cm³/mol. The Bertz CT molecular complexity index is 8030. The Labute approximate surface area is 703 Å². The molecule has 580 valence electrons. The van der Waals surface area contributed by atoms with Crippen LogP contribution in [0.25, 0.3) is 188 Å². The Balaban J connectivity index is 0.000000126. The molecule has 11 nitrogen and oxygen atoms in total. The van der Waals surface area contributed by atoms with Gasteiger partial charge in [0.15, 0.2) is 17.0 Å². The molecular formula is C111H81N11. The highest BCUT2D eigenvalue weighted by atomic mass is 15.1. The lowest BCUT2D eigenvalue weighted by molar-refractivity contribution is -0.0399. The van der Waals surface area contributed by atoms with E-state index in [9.17, 15) is 0 Å². The minimum atomic E-state index is 0.131. The first-order chi connectivity index (χ1) is 60.4. The maximum absolute atomic E-state index is 4.85. The molecule has 0 saturated heterocycles. The third-order valence-electron chi connectivity index (χ3n) is 31.2. The SMILES string of the molecule is c1ccc(-c2ncnc3c(-n4c5ccccc5c5cc(-c6ccc7c(c6)c6ccccc6n7-c6ccc7c(c6)C6(c8ccccc8-7)C7CC8CC(C7)CC6C8)ccc54)ccnc23)cc1.c1ccc2c(c1)-c1ccc(-n3c4ccccc4c4cc(-c5ccc6c(c5)c5ccccc5n6-c5ncnc6nccnc56)ccc43)cc1C21C2CC3CC(C2)CC1C3. The molecule has 0 N–H and O–H groups in total. The zero-order valence-corrected chi connectivity index (χ0v) is 67.2. The second-order valence-electron chi connectivity index (χ2n) is 36.8. The van der Waals surface area contributed by atoms with E-state index >= 15 is 0 Å². The van der Waals surface area contributed by atoms with Crippen molar-refractivity contribution in [1.29, 1.82) is 0 Å². The van der Waals surface area contributed by atoms with Gasteiger partial charge in [-0.2, -0.15) is 0 Å². The second kappa shape index (κ2) is 25.3. The number of benzene rings is 13. The minimum absolute atomic E-state index is 0.131. The van der Waals surface area contributed by atoms with Crippen molar-refractivity contribution in [3.63, 3.8) is 0 Å². The summed E-state index contributed by atoms with van der Waals surface area (Å²) in [5.74, 6) is 7.37. The molecule has 0 radical (unpaired) electrons. The van der Waals surface area contributed by atoms with E-state index in [-0.39, 0.29) is 10.8 Å². The molecule has 21 aromatic rings. The number of aromatic nitrogens is 11. The highest BCUT2D eigenvalue weighted by Gasteiger charge is 2.63. The topological polar surface area (TPSA) is 110 Å². The molecule has 8 aromatic heterocycles. The molecule has 2 spiro atoms. The van der Waals surface area contributed by atoms with Crippen LogP contribution in [0, 0.1) is 47.3 Å². The lowest BCUT2D eigenvalue weighted by Gasteiger charge is -2.61. The molecule has 0 aliphatic heterocycles. The van der Waals surface area contributed by atoms with Gasteiger partial charge in [-0.05, 0) is 281 Å². The molecule has 13 aromatic carbocycles. The fourth-order valence-electron chi connectivity index (χ4n) is 27.1. The molecule has 0 unspecified atom stereocenters. The van der Waals surface area contributed by atoms with Gasteiger partial charge in [0.1, 0.15) is 23.7 Å². The summed E-state index contributed by atoms with van der Waals surface area (Å²) >= 11 is 0. The molecule has 0 amide bonds. The first-order valence-electron chi connectivity index (χ1n) is 44.1. The van der Waals surface area contributed by atoms with Crippen LogP contribution in [0.15, 0.2) is 322 Å². The van der Waals surface area contributed by atoms with Crippen LogP contribution in [0.1, 0.15) is 86.5 Å². The monoisotopic (exact) mass is 1570 g/mol. The molecular weight excluding hydrogens is 1490 g/mol. The van der Waals surface area contributed by atoms with Crippen molar-refractivity contribution in [2.45, 2.75) is 75.0 Å². The van der Waals surface area contributed by atoms with Crippen molar-refractivity contribution in [3.8, 4) is 78.6 Å². The molecule has 10 aliphatic rings. The Morgan fingerprint density at radius 1 is 0.238 bits per heavy atom. The predicted octanol–water partition coefficient (Wildman–Crippen LogP) is 26.3. The van der Waals surface area contributed by atoms with Crippen LogP contribution in [-0.2, 0) is 10.8 Å². The standard InChI is InChI=1S/C59H43N5.C52H38N6/c1-2-10-37(11-3-1)56-58-57(62-34-61-56)55(24-25-60-58)64-52-17-9-6-14-46(52)48-32-39(19-23-54(48)64)38-18-22-53-47(31-38)45-13-5-8-16-51(45)63(53)42-20-21-44-43-12-4-7-15-49(43)59(50(44)33-42)40-27-35-26-36(29-40)30-41(59)28-35;1-4-10-43-37(7-1)38-16-15-36(28-44(38)52(43)34-22-30-21-31(24-34)25-35(52)23-30)57-45-11-5-2-8-39(45)41-26-32(13-17-47(41)57)33-14-18-48-42(27-33)40-9-3-6-12-46(40)58(48)51-49-50(55-29-56-51)54-20-19-53-49/h1-25,31-36,40-41H,26-30H2;1-20,26-31,34-35H,21-25H2. The average Bonchev–Trinajstić information content (AvgIpc) is 1.49. The van der Waals surface area contributed by atoms with Crippen LogP contribution in [0.2, 0.25) is 0 Å². The van der Waals surface area contributed by atoms with Crippen molar-refractivity contribution in [2.24, 2.45) is 47.3 Å². The van der Waals surface area contributed by atoms with E-state index in [0.717, 1.165) is 103 Å². The van der Waals surface area contributed by atoms with Gasteiger partial charge in [-0.1, -0.05) is 188 Å². The summed E-state index contributed by atoms with van der Waals surface area (Å²) in [6.45, 7) is 0. The van der Waals surface area contributed by atoms with E-state index < -0.39 is 0 Å². The van der Waals surface area contributed by atoms with Crippen LogP contribution >= 0.6 is 0 Å². The van der Waals surface area contributed by atoms with E-state index in [1.807, 2.05) is 24.4 Å². The van der Waals surface area contributed by atoms with Crippen molar-refractivity contribution in [2.75, 3.05) is 0 Å². The lowest BCUT2D eigenvalue weighted by Crippen LogP contribution is -2.55. The largest absolute Gasteiger partial charge is 0.309 e. The molecule has 10 aliphatic carbocycles. The van der Waals surface area contributed by atoms with Gasteiger partial charge >= 0.3 is 0 Å². The van der Waals surface area contributed by atoms with Crippen LogP contribution in [0.3, 0.4) is 0 Å². The Morgan fingerprint density at radius 3 is 1.11 bits per heavy atom. The van der Waals surface area contributed by atoms with Crippen LogP contribution in [-0.4, -0.2) is 53.2 Å². The van der Waals surface area contributed by atoms with Crippen LogP contribution in [0.4, 0.5) is 0 Å². The maximum Gasteiger partial charge on any atom is 0.183 e. The number of para-hydroxylation sites is 4. The summed E-state index contributed by atoms with van der Waals surface area (Å²) in [6.07, 6.45) is 22.6. The third-order valence-corrected chi connectivity index (χ3v) is 31.2. The van der Waals surface area contributed by atoms with Crippen LogP contribution < -0.4 is 0 Å². The fourth-order valence-corrected chi connectivity index (χ4v) is 27.1. The minimum Gasteiger partial charge on any atom is -0.309 e. The molecule has 122 heavy (non-hydrogen) atoms. The number of nitrogens with zero attached hydrogens (tertiary/aromatic N) is 11. The summed E-state index contributed by atoms with van der Waals surface area (Å²) in [5.41, 5.74) is 35.0. The highest BCUT2D eigenvalue weighted by Crippen LogP contribution is 2.72. The van der Waals surface area contributed by atoms with E-state index in [0.29, 0.717) is 11.2 Å². The van der Waals surface area contributed by atoms with E-state index in [4.69, 9.17) is 19.9 Å². The van der Waals surface area contributed by atoms with Gasteiger partial charge in [0, 0.05) is 89.4 Å². The van der Waals surface area contributed by atoms with Crippen LogP contribution in [0.5, 0.6) is 0 Å². The van der Waals surface area contributed by atoms with Crippen molar-refractivity contribution < 1.29 is 0 Å². The summed E-state index contributed by atoms with van der Waals surface area (Å²) in [4.78, 5) is 32.6. The summed E-state index contributed by atoms with van der Waals surface area (Å²) in [6, 6.07) is 109. The summed E-state index contributed by atoms with van der Waals surface area (Å²) < 4.78 is 9.63. The molecule has 8 fully saturated rings. The highest BCUT2D eigenvalue weighted by molar-refractivity contribution is 6.16. The summed E-state index contributed by atoms with van der Waals surface area (Å²) in [7, 11) is 0. The first kappa shape index (κ1) is 67.8. The Hall–Kier alpha value is -14.0. The third kappa shape index (κ3) is 9.27. The van der Waals surface area contributed by atoms with Gasteiger partial charge in [-0.25, -0.2) is 29.9 Å². The molecule has 0 atom stereocenters. The van der Waals surface area contributed by atoms with E-state index in [1.165, 1.54) is 185 Å². The van der Waals surface area contributed by atoms with E-state index in [1.54, 1.807) is 47.3 Å². The zero-order chi connectivity index (χ0) is 79.4. The van der Waals surface area contributed by atoms with Gasteiger partial charge in [0.05, 0.1) is 55.5 Å². The summed E-state index contributed by atoms with van der Waals surface area (Å²) in [5, 5.41) is 9.86. The molecule has 31 rings (SSSR count). The van der Waals surface area contributed by atoms with Crippen molar-refractivity contribution in [3.05, 3.63) is 345 Å². The first-order valence-corrected chi connectivity index (χ1v) is 44.1. The maximum atomic E-state index is 4.85. The molecule has 8 saturated carbocycles. The van der Waals surface area contributed by atoms with Gasteiger partial charge < -0.3 is 13.7 Å². The number of rotatable bonds is 7. The van der Waals surface area contributed by atoms with Crippen molar-refractivity contribution >= 4 is 109 Å². The number of hydrogen-bond donors (Lipinski definition) is 0. The van der Waals surface area contributed by atoms with Crippen molar-refractivity contribution in [1.82, 2.24) is 53.2 Å². The fraction of sp³-hybridized carbons (Fsp3) is 0.180. The van der Waals surface area contributed by atoms with Gasteiger partial charge in [0.25, 0.3) is 0 Å². The van der Waals surface area contributed by atoms with Gasteiger partial charge in [-0.3, -0.25) is 9.55 Å². The number of hydrogen-bond acceptors (Lipinski definition) is 7. The Kier molecular flexibility index (Phi) is 14.1. The quantitative estimate of drug-likeness (QED) is 0.156. The van der Waals surface area contributed by atoms with Gasteiger partial charge in [0.2, 0.25) is 0 Å². The normalized spacial score (nSPS) is 22.3. The lowest BCUT2D eigenvalue weighted by atomic mass is 9.43. The number of fused-ring (bicyclic) bond motifs is 20. The van der Waals surface area contributed by atoms with E-state index in [2.05, 4.69) is 306 Å². The molecule has 8 bridgehead atoms. The molecule has 11 heteroatoms. The van der Waals surface area contributed by atoms with Gasteiger partial charge in [-0.15, -0.1) is 0 Å². The molecule has 8 heterocycles.